The smallest absolute Gasteiger partial charge is 0.141 e. The van der Waals surface area contributed by atoms with Crippen LogP contribution in [0, 0.1) is 23.7 Å². The highest BCUT2D eigenvalue weighted by Crippen LogP contribution is 2.38. The summed E-state index contributed by atoms with van der Waals surface area (Å²) in [7, 11) is 0. The Morgan fingerprint density at radius 3 is 1.12 bits per heavy atom. The number of benzene rings is 2. The number of pyridine rings is 3. The van der Waals surface area contributed by atoms with E-state index in [0.29, 0.717) is 23.7 Å². The van der Waals surface area contributed by atoms with Crippen LogP contribution in [0.2, 0.25) is 0 Å². The third-order valence-corrected chi connectivity index (χ3v) is 9.63. The van der Waals surface area contributed by atoms with Gasteiger partial charge < -0.3 is 0 Å². The summed E-state index contributed by atoms with van der Waals surface area (Å²) < 4.78 is 0. The van der Waals surface area contributed by atoms with Crippen molar-refractivity contribution in [3.8, 4) is 0 Å². The van der Waals surface area contributed by atoms with Gasteiger partial charge in [-0.05, 0) is 158 Å². The summed E-state index contributed by atoms with van der Waals surface area (Å²) >= 11 is 0. The van der Waals surface area contributed by atoms with Crippen molar-refractivity contribution >= 4 is 34.6 Å². The molecule has 0 unspecified atom stereocenters. The van der Waals surface area contributed by atoms with Crippen LogP contribution in [0.25, 0.3) is 0 Å². The highest BCUT2D eigenvalue weighted by atomic mass is 15.3. The fourth-order valence-corrected chi connectivity index (χ4v) is 6.43. The van der Waals surface area contributed by atoms with E-state index in [0.717, 1.165) is 86.0 Å². The van der Waals surface area contributed by atoms with E-state index >= 15 is 0 Å². The zero-order valence-corrected chi connectivity index (χ0v) is 33.0. The first-order valence-corrected chi connectivity index (χ1v) is 19.7. The Hall–Kier alpha value is -4.51. The maximum absolute atomic E-state index is 5.47. The van der Waals surface area contributed by atoms with E-state index in [1.54, 1.807) is 0 Å². The lowest BCUT2D eigenvalue weighted by Crippen LogP contribution is -2.17. The van der Waals surface area contributed by atoms with Gasteiger partial charge in [-0.1, -0.05) is 85.7 Å². The molecule has 3 heterocycles. The van der Waals surface area contributed by atoms with Crippen molar-refractivity contribution in [2.45, 2.75) is 107 Å². The highest BCUT2D eigenvalue weighted by molar-refractivity contribution is 5.77. The van der Waals surface area contributed by atoms with Crippen molar-refractivity contribution < 1.29 is 0 Å². The highest BCUT2D eigenvalue weighted by Gasteiger charge is 2.21. The summed E-state index contributed by atoms with van der Waals surface area (Å²) in [6.45, 7) is 18.3. The molecule has 0 amide bonds. The number of hydrogen-bond donors (Lipinski definition) is 0. The van der Waals surface area contributed by atoms with Crippen LogP contribution < -0.4 is 9.80 Å². The van der Waals surface area contributed by atoms with Crippen molar-refractivity contribution in [3.05, 3.63) is 126 Å². The molecule has 0 atom stereocenters. The van der Waals surface area contributed by atoms with Crippen LogP contribution in [-0.4, -0.2) is 15.0 Å². The van der Waals surface area contributed by atoms with Gasteiger partial charge in [-0.15, -0.1) is 0 Å². The van der Waals surface area contributed by atoms with Crippen LogP contribution in [-0.2, 0) is 25.7 Å². The lowest BCUT2D eigenvalue weighted by atomic mass is 10.0. The number of rotatable bonds is 18. The summed E-state index contributed by atoms with van der Waals surface area (Å²) in [5, 5.41) is 0. The predicted molar refractivity (Wildman–Crippen MR) is 222 cm³/mol. The normalized spacial score (nSPS) is 11.6. The van der Waals surface area contributed by atoms with Crippen LogP contribution in [0.1, 0.15) is 103 Å². The molecule has 5 heteroatoms. The molecule has 0 saturated carbocycles. The third-order valence-electron chi connectivity index (χ3n) is 9.63. The van der Waals surface area contributed by atoms with Crippen molar-refractivity contribution in [2.75, 3.05) is 9.80 Å². The lowest BCUT2D eigenvalue weighted by Gasteiger charge is -2.28. The number of anilines is 6. The summed E-state index contributed by atoms with van der Waals surface area (Å²) in [4.78, 5) is 19.9. The molecule has 5 rings (SSSR count). The molecule has 0 saturated heterocycles. The van der Waals surface area contributed by atoms with Gasteiger partial charge in [0.15, 0.2) is 0 Å². The molecular weight excluding hydrogens is 635 g/mol. The molecular formula is C47H61N5. The SMILES string of the molecule is CC(C)CCc1cccc(N(c2cc(CCC(C)C)ccn2)c2cccc(N(c3cccc(CCC(C)C)c3)c3cc(CCC(C)C)ccn3)n2)c1. The van der Waals surface area contributed by atoms with Crippen LogP contribution in [0.5, 0.6) is 0 Å². The van der Waals surface area contributed by atoms with Crippen LogP contribution >= 0.6 is 0 Å². The average molecular weight is 696 g/mol. The van der Waals surface area contributed by atoms with E-state index in [1.807, 2.05) is 12.4 Å². The van der Waals surface area contributed by atoms with Crippen molar-refractivity contribution in [1.82, 2.24) is 15.0 Å². The monoisotopic (exact) mass is 695 g/mol. The first-order chi connectivity index (χ1) is 25.0. The van der Waals surface area contributed by atoms with Gasteiger partial charge in [0.25, 0.3) is 0 Å². The zero-order chi connectivity index (χ0) is 37.0. The topological polar surface area (TPSA) is 45.2 Å². The number of aromatic nitrogens is 3. The third kappa shape index (κ3) is 11.2. The molecule has 0 spiro atoms. The van der Waals surface area contributed by atoms with E-state index in [-0.39, 0.29) is 0 Å². The number of aryl methyl sites for hydroxylation is 4. The molecule has 0 radical (unpaired) electrons. The fourth-order valence-electron chi connectivity index (χ4n) is 6.43. The first kappa shape index (κ1) is 38.7. The minimum atomic E-state index is 0.635. The summed E-state index contributed by atoms with van der Waals surface area (Å²) in [6, 6.07) is 33.0. The summed E-state index contributed by atoms with van der Waals surface area (Å²) in [5.74, 6) is 5.96. The minimum Gasteiger partial charge on any atom is -0.279 e. The molecule has 0 N–H and O–H groups in total. The van der Waals surface area contributed by atoms with E-state index in [4.69, 9.17) is 15.0 Å². The molecule has 0 aliphatic heterocycles. The summed E-state index contributed by atoms with van der Waals surface area (Å²) in [6.07, 6.45) is 12.6. The molecule has 0 aliphatic carbocycles. The Morgan fingerprint density at radius 1 is 0.404 bits per heavy atom. The molecule has 2 aromatic carbocycles. The zero-order valence-electron chi connectivity index (χ0n) is 33.0. The van der Waals surface area contributed by atoms with Gasteiger partial charge in [0.2, 0.25) is 0 Å². The minimum absolute atomic E-state index is 0.635. The standard InChI is InChI=1S/C47H61N5/c1-34(2)18-22-38-12-9-14-42(30-38)51(46-32-40(26-28-48-46)24-20-36(5)6)44-16-11-17-45(50-44)52(43-15-10-13-39(31-43)23-19-35(3)4)47-33-41(27-29-49-47)25-21-37(7)8/h9-17,26-37H,18-25H2,1-8H3. The fraction of sp³-hybridized carbons (Fsp3) is 0.426. The van der Waals surface area contributed by atoms with Gasteiger partial charge in [-0.25, -0.2) is 15.0 Å². The van der Waals surface area contributed by atoms with Gasteiger partial charge >= 0.3 is 0 Å². The van der Waals surface area contributed by atoms with Crippen molar-refractivity contribution in [3.63, 3.8) is 0 Å². The molecule has 0 bridgehead atoms. The maximum atomic E-state index is 5.47. The Morgan fingerprint density at radius 2 is 0.750 bits per heavy atom. The Labute approximate surface area is 314 Å². The predicted octanol–water partition coefficient (Wildman–Crippen LogP) is 13.2. The van der Waals surface area contributed by atoms with Gasteiger partial charge in [-0.2, -0.15) is 0 Å². The number of hydrogen-bond acceptors (Lipinski definition) is 5. The lowest BCUT2D eigenvalue weighted by molar-refractivity contribution is 0.586. The second-order valence-electron chi connectivity index (χ2n) is 16.1. The Bertz CT molecular complexity index is 1600. The largest absolute Gasteiger partial charge is 0.279 e. The van der Waals surface area contributed by atoms with Crippen LogP contribution in [0.3, 0.4) is 0 Å². The first-order valence-electron chi connectivity index (χ1n) is 19.7. The van der Waals surface area contributed by atoms with Crippen molar-refractivity contribution in [1.29, 1.82) is 0 Å². The van der Waals surface area contributed by atoms with Gasteiger partial charge in [0, 0.05) is 23.8 Å². The molecule has 3 aromatic heterocycles. The number of nitrogens with zero attached hydrogens (tertiary/aromatic N) is 5. The van der Waals surface area contributed by atoms with Crippen molar-refractivity contribution in [2.24, 2.45) is 23.7 Å². The van der Waals surface area contributed by atoms with E-state index in [9.17, 15) is 0 Å². The molecule has 0 fully saturated rings. The summed E-state index contributed by atoms with van der Waals surface area (Å²) in [5.41, 5.74) is 7.36. The van der Waals surface area contributed by atoms with Gasteiger partial charge in [-0.3, -0.25) is 9.80 Å². The van der Waals surface area contributed by atoms with Gasteiger partial charge in [0.1, 0.15) is 23.3 Å². The second-order valence-corrected chi connectivity index (χ2v) is 16.1. The quantitative estimate of drug-likeness (QED) is 0.0913. The Balaban J connectivity index is 1.64. The molecule has 5 nitrogen and oxygen atoms in total. The van der Waals surface area contributed by atoms with Crippen LogP contribution in [0.15, 0.2) is 103 Å². The Kier molecular flexibility index (Phi) is 14.0. The molecule has 0 aliphatic rings. The van der Waals surface area contributed by atoms with Crippen LogP contribution in [0.4, 0.5) is 34.6 Å². The second kappa shape index (κ2) is 18.8. The maximum Gasteiger partial charge on any atom is 0.141 e. The molecule has 5 aromatic rings. The molecule has 274 valence electrons. The van der Waals surface area contributed by atoms with E-state index in [1.165, 1.54) is 22.3 Å². The average Bonchev–Trinajstić information content (AvgIpc) is 3.13. The van der Waals surface area contributed by atoms with E-state index in [2.05, 4.69) is 156 Å². The van der Waals surface area contributed by atoms with Gasteiger partial charge in [0.05, 0.1) is 0 Å². The molecule has 52 heavy (non-hydrogen) atoms. The van der Waals surface area contributed by atoms with E-state index < -0.39 is 0 Å².